The molecule has 22 heavy (non-hydrogen) atoms. The Balaban J connectivity index is 1.58. The predicted molar refractivity (Wildman–Crippen MR) is 84.3 cm³/mol. The maximum Gasteiger partial charge on any atom is 0.250 e. The SMILES string of the molecule is Cn1nnnc1SCC(=O)N/N=C1\CC2CCC1(C)C2(C)C. The largest absolute Gasteiger partial charge is 0.272 e. The summed E-state index contributed by atoms with van der Waals surface area (Å²) in [6, 6.07) is 0. The molecule has 0 saturated heterocycles. The van der Waals surface area contributed by atoms with Crippen molar-refractivity contribution in [2.24, 2.45) is 28.9 Å². The Hall–Kier alpha value is -1.44. The van der Waals surface area contributed by atoms with Gasteiger partial charge in [0.05, 0.1) is 5.75 Å². The molecular weight excluding hydrogens is 300 g/mol. The Morgan fingerprint density at radius 1 is 1.50 bits per heavy atom. The van der Waals surface area contributed by atoms with E-state index in [1.807, 2.05) is 0 Å². The molecule has 2 aliphatic carbocycles. The van der Waals surface area contributed by atoms with Crippen molar-refractivity contribution < 1.29 is 4.79 Å². The van der Waals surface area contributed by atoms with Crippen LogP contribution in [0.5, 0.6) is 0 Å². The lowest BCUT2D eigenvalue weighted by atomic mass is 9.70. The molecule has 3 rings (SSSR count). The van der Waals surface area contributed by atoms with Gasteiger partial charge in [0, 0.05) is 18.2 Å². The monoisotopic (exact) mass is 322 g/mol. The van der Waals surface area contributed by atoms with Crippen molar-refractivity contribution in [2.45, 2.75) is 45.2 Å². The molecule has 7 nitrogen and oxygen atoms in total. The summed E-state index contributed by atoms with van der Waals surface area (Å²) in [6.45, 7) is 6.93. The summed E-state index contributed by atoms with van der Waals surface area (Å²) in [4.78, 5) is 12.0. The van der Waals surface area contributed by atoms with Crippen molar-refractivity contribution in [1.29, 1.82) is 0 Å². The van der Waals surface area contributed by atoms with Gasteiger partial charge in [-0.25, -0.2) is 10.1 Å². The maximum atomic E-state index is 12.0. The number of nitrogens with one attached hydrogen (secondary N) is 1. The van der Waals surface area contributed by atoms with Gasteiger partial charge in [0.2, 0.25) is 5.16 Å². The number of nitrogens with zero attached hydrogens (tertiary/aromatic N) is 5. The molecule has 2 unspecified atom stereocenters. The molecule has 2 fully saturated rings. The van der Waals surface area contributed by atoms with Gasteiger partial charge in [0.1, 0.15) is 0 Å². The highest BCUT2D eigenvalue weighted by atomic mass is 32.2. The lowest BCUT2D eigenvalue weighted by Gasteiger charge is -2.34. The average molecular weight is 322 g/mol. The van der Waals surface area contributed by atoms with Crippen LogP contribution >= 0.6 is 11.8 Å². The number of thioether (sulfide) groups is 1. The van der Waals surface area contributed by atoms with E-state index < -0.39 is 0 Å². The third-order valence-electron chi connectivity index (χ3n) is 5.74. The first kappa shape index (κ1) is 15.5. The van der Waals surface area contributed by atoms with Crippen LogP contribution in [0.3, 0.4) is 0 Å². The minimum Gasteiger partial charge on any atom is -0.272 e. The highest BCUT2D eigenvalue weighted by Gasteiger charge is 2.59. The number of hydrazone groups is 1. The molecule has 2 bridgehead atoms. The third-order valence-corrected chi connectivity index (χ3v) is 6.75. The second-order valence-corrected chi connectivity index (χ2v) is 7.90. The second kappa shape index (κ2) is 5.33. The summed E-state index contributed by atoms with van der Waals surface area (Å²) in [6.07, 6.45) is 3.44. The number of fused-ring (bicyclic) bond motifs is 2. The van der Waals surface area contributed by atoms with Crippen LogP contribution in [0.1, 0.15) is 40.0 Å². The molecule has 0 aliphatic heterocycles. The van der Waals surface area contributed by atoms with Gasteiger partial charge < -0.3 is 0 Å². The number of rotatable bonds is 4. The number of aryl methyl sites for hydroxylation is 1. The molecule has 2 atom stereocenters. The molecule has 1 aromatic heterocycles. The molecule has 0 spiro atoms. The molecule has 2 saturated carbocycles. The summed E-state index contributed by atoms with van der Waals surface area (Å²) in [7, 11) is 1.75. The molecular formula is C14H22N6OS. The number of carbonyl (C=O) groups excluding carboxylic acids is 1. The van der Waals surface area contributed by atoms with Gasteiger partial charge in [-0.05, 0) is 41.0 Å². The van der Waals surface area contributed by atoms with E-state index in [1.165, 1.54) is 24.6 Å². The molecule has 0 aromatic carbocycles. The first-order valence-electron chi connectivity index (χ1n) is 7.55. The second-order valence-electron chi connectivity index (χ2n) is 6.96. The maximum absolute atomic E-state index is 12.0. The number of carbonyl (C=O) groups is 1. The first-order chi connectivity index (χ1) is 10.3. The standard InChI is InChI=1S/C14H22N6OS/c1-13(2)9-5-6-14(13,3)10(7-9)15-16-11(21)8-22-12-17-18-19-20(12)4/h9H,5-8H2,1-4H3,(H,16,21)/b15-10+. The van der Waals surface area contributed by atoms with Crippen molar-refractivity contribution in [3.63, 3.8) is 0 Å². The lowest BCUT2D eigenvalue weighted by molar-refractivity contribution is -0.118. The number of hydrogen-bond donors (Lipinski definition) is 1. The van der Waals surface area contributed by atoms with E-state index >= 15 is 0 Å². The summed E-state index contributed by atoms with van der Waals surface area (Å²) in [5, 5.41) is 16.2. The number of amides is 1. The minimum atomic E-state index is -0.121. The fourth-order valence-electron chi connectivity index (χ4n) is 3.73. The average Bonchev–Trinajstić information content (AvgIpc) is 3.03. The van der Waals surface area contributed by atoms with E-state index in [0.29, 0.717) is 11.1 Å². The van der Waals surface area contributed by atoms with E-state index in [1.54, 1.807) is 11.7 Å². The number of aromatic nitrogens is 4. The Morgan fingerprint density at radius 2 is 2.27 bits per heavy atom. The Bertz CT molecular complexity index is 625. The molecule has 2 aliphatic rings. The van der Waals surface area contributed by atoms with Gasteiger partial charge in [-0.2, -0.15) is 5.10 Å². The Kier molecular flexibility index (Phi) is 3.74. The van der Waals surface area contributed by atoms with Crippen molar-refractivity contribution >= 4 is 23.4 Å². The van der Waals surface area contributed by atoms with Gasteiger partial charge in [-0.3, -0.25) is 4.79 Å². The smallest absolute Gasteiger partial charge is 0.250 e. The lowest BCUT2D eigenvalue weighted by Crippen LogP contribution is -2.34. The van der Waals surface area contributed by atoms with Crippen LogP contribution in [0.2, 0.25) is 0 Å². The summed E-state index contributed by atoms with van der Waals surface area (Å²) >= 11 is 1.30. The number of hydrogen-bond acceptors (Lipinski definition) is 6. The molecule has 1 aromatic rings. The van der Waals surface area contributed by atoms with E-state index in [0.717, 1.165) is 12.1 Å². The normalized spacial score (nSPS) is 30.9. The highest BCUT2D eigenvalue weighted by Crippen LogP contribution is 2.63. The molecule has 1 heterocycles. The van der Waals surface area contributed by atoms with E-state index in [9.17, 15) is 4.79 Å². The number of tetrazole rings is 1. The fraction of sp³-hybridized carbons (Fsp3) is 0.786. The van der Waals surface area contributed by atoms with Gasteiger partial charge in [0.15, 0.2) is 0 Å². The fourth-order valence-corrected chi connectivity index (χ4v) is 4.38. The first-order valence-corrected chi connectivity index (χ1v) is 8.54. The summed E-state index contributed by atoms with van der Waals surface area (Å²) < 4.78 is 1.54. The molecule has 1 amide bonds. The van der Waals surface area contributed by atoms with Crippen molar-refractivity contribution in [1.82, 2.24) is 25.6 Å². The Morgan fingerprint density at radius 3 is 2.82 bits per heavy atom. The zero-order valence-corrected chi connectivity index (χ0v) is 14.3. The molecule has 120 valence electrons. The Labute approximate surface area is 134 Å². The van der Waals surface area contributed by atoms with Gasteiger partial charge >= 0.3 is 0 Å². The van der Waals surface area contributed by atoms with Gasteiger partial charge in [0.25, 0.3) is 5.91 Å². The van der Waals surface area contributed by atoms with Crippen LogP contribution in [0.25, 0.3) is 0 Å². The van der Waals surface area contributed by atoms with E-state index in [4.69, 9.17) is 0 Å². The molecule has 0 radical (unpaired) electrons. The van der Waals surface area contributed by atoms with Crippen LogP contribution in [0.15, 0.2) is 10.3 Å². The van der Waals surface area contributed by atoms with Crippen LogP contribution in [-0.4, -0.2) is 37.6 Å². The third kappa shape index (κ3) is 2.33. The van der Waals surface area contributed by atoms with Crippen LogP contribution in [-0.2, 0) is 11.8 Å². The quantitative estimate of drug-likeness (QED) is 0.672. The molecule has 8 heteroatoms. The zero-order valence-electron chi connectivity index (χ0n) is 13.5. The predicted octanol–water partition coefficient (Wildman–Crippen LogP) is 1.62. The van der Waals surface area contributed by atoms with Crippen molar-refractivity contribution in [3.8, 4) is 0 Å². The van der Waals surface area contributed by atoms with E-state index in [-0.39, 0.29) is 22.5 Å². The van der Waals surface area contributed by atoms with E-state index in [2.05, 4.69) is 46.8 Å². The van der Waals surface area contributed by atoms with Gasteiger partial charge in [-0.1, -0.05) is 32.5 Å². The topological polar surface area (TPSA) is 85.1 Å². The van der Waals surface area contributed by atoms with Crippen molar-refractivity contribution in [2.75, 3.05) is 5.75 Å². The van der Waals surface area contributed by atoms with Crippen LogP contribution in [0.4, 0.5) is 0 Å². The van der Waals surface area contributed by atoms with Crippen LogP contribution in [0, 0.1) is 16.7 Å². The zero-order chi connectivity index (χ0) is 16.0. The summed E-state index contributed by atoms with van der Waals surface area (Å²) in [5.74, 6) is 0.825. The molecule has 1 N–H and O–H groups in total. The van der Waals surface area contributed by atoms with Crippen molar-refractivity contribution in [3.05, 3.63) is 0 Å². The summed E-state index contributed by atoms with van der Waals surface area (Å²) in [5.41, 5.74) is 4.24. The van der Waals surface area contributed by atoms with Gasteiger partial charge in [-0.15, -0.1) is 5.10 Å². The minimum absolute atomic E-state index is 0.117. The van der Waals surface area contributed by atoms with Crippen LogP contribution < -0.4 is 5.43 Å². The highest BCUT2D eigenvalue weighted by molar-refractivity contribution is 7.99.